The second-order valence-corrected chi connectivity index (χ2v) is 9.73. The van der Waals surface area contributed by atoms with Gasteiger partial charge >= 0.3 is 17.8 Å². The number of carbonyl (C=O) groups excluding carboxylic acids is 1. The van der Waals surface area contributed by atoms with Crippen LogP contribution in [0.1, 0.15) is 77.7 Å². The summed E-state index contributed by atoms with van der Waals surface area (Å²) in [5, 5.41) is 7.02. The number of halogens is 3. The zero-order valence-electron chi connectivity index (χ0n) is 23.6. The monoisotopic (exact) mass is 570 g/mol. The molecule has 12 heteroatoms. The largest absolute Gasteiger partial charge is 0.487 e. The Morgan fingerprint density at radius 3 is 2.38 bits per heavy atom. The molecular weight excluding hydrogens is 529 g/mol. The maximum atomic E-state index is 13.0. The SMILES string of the molecule is CCCCCCCn1c(=O)c(NCCc2ccc(OC(C)COC(=O)CC)cc2)nn(CCCC(F)(F)F)c1=O. The highest BCUT2D eigenvalue weighted by molar-refractivity contribution is 5.68. The van der Waals surface area contributed by atoms with Gasteiger partial charge in [-0.3, -0.25) is 14.2 Å². The number of aromatic nitrogens is 3. The highest BCUT2D eigenvalue weighted by Crippen LogP contribution is 2.21. The molecule has 1 aromatic heterocycles. The van der Waals surface area contributed by atoms with Crippen molar-refractivity contribution in [3.05, 3.63) is 50.7 Å². The number of hydrogen-bond donors (Lipinski definition) is 1. The van der Waals surface area contributed by atoms with Crippen molar-refractivity contribution in [3.8, 4) is 5.75 Å². The standard InChI is InChI=1S/C28H41F3N4O5/c1-4-6-7-8-9-18-34-26(37)25(33-35(27(34)38)19-10-16-28(29,30)31)32-17-15-22-11-13-23(14-12-22)40-21(3)20-39-24(36)5-2/h11-14,21H,4-10,15-20H2,1-3H3,(H,32,33). The van der Waals surface area contributed by atoms with E-state index in [4.69, 9.17) is 9.47 Å². The van der Waals surface area contributed by atoms with Crippen LogP contribution in [0.25, 0.3) is 0 Å². The van der Waals surface area contributed by atoms with E-state index in [2.05, 4.69) is 17.3 Å². The van der Waals surface area contributed by atoms with Crippen molar-refractivity contribution >= 4 is 11.8 Å². The van der Waals surface area contributed by atoms with Gasteiger partial charge in [-0.25, -0.2) is 9.48 Å². The van der Waals surface area contributed by atoms with E-state index in [9.17, 15) is 27.6 Å². The summed E-state index contributed by atoms with van der Waals surface area (Å²) in [6.45, 7) is 6.04. The molecule has 9 nitrogen and oxygen atoms in total. The molecule has 0 aliphatic rings. The Labute approximate surface area is 232 Å². The molecule has 2 rings (SSSR count). The van der Waals surface area contributed by atoms with Gasteiger partial charge in [0.05, 0.1) is 0 Å². The Hall–Kier alpha value is -3.31. The van der Waals surface area contributed by atoms with E-state index in [-0.39, 0.29) is 44.0 Å². The molecule has 2 aromatic rings. The minimum atomic E-state index is -4.33. The fraction of sp³-hybridized carbons (Fsp3) is 0.643. The lowest BCUT2D eigenvalue weighted by molar-refractivity contribution is -0.145. The number of hydrogen-bond acceptors (Lipinski definition) is 7. The zero-order chi connectivity index (χ0) is 29.5. The lowest BCUT2D eigenvalue weighted by atomic mass is 10.1. The summed E-state index contributed by atoms with van der Waals surface area (Å²) in [4.78, 5) is 37.1. The predicted octanol–water partition coefficient (Wildman–Crippen LogP) is 5.09. The Kier molecular flexibility index (Phi) is 13.7. The molecule has 1 atom stereocenters. The molecule has 224 valence electrons. The normalized spacial score (nSPS) is 12.2. The van der Waals surface area contributed by atoms with Gasteiger partial charge < -0.3 is 14.8 Å². The first kappa shape index (κ1) is 32.9. The number of benzene rings is 1. The van der Waals surface area contributed by atoms with Crippen LogP contribution in [-0.4, -0.2) is 45.7 Å². The first-order valence-electron chi connectivity index (χ1n) is 14.0. The molecular formula is C28H41F3N4O5. The fourth-order valence-corrected chi connectivity index (χ4v) is 3.96. The third-order valence-electron chi connectivity index (χ3n) is 6.17. The molecule has 0 spiro atoms. The van der Waals surface area contributed by atoms with Gasteiger partial charge in [0.25, 0.3) is 5.56 Å². The highest BCUT2D eigenvalue weighted by Gasteiger charge is 2.26. The summed E-state index contributed by atoms with van der Waals surface area (Å²) in [5.41, 5.74) is -0.323. The van der Waals surface area contributed by atoms with Gasteiger partial charge in [-0.1, -0.05) is 51.7 Å². The molecule has 1 N–H and O–H groups in total. The number of nitrogens with zero attached hydrogens (tertiary/aromatic N) is 3. The summed E-state index contributed by atoms with van der Waals surface area (Å²) in [7, 11) is 0. The topological polar surface area (TPSA) is 104 Å². The maximum absolute atomic E-state index is 13.0. The molecule has 40 heavy (non-hydrogen) atoms. The van der Waals surface area contributed by atoms with Crippen LogP contribution in [0.2, 0.25) is 0 Å². The molecule has 0 amide bonds. The van der Waals surface area contributed by atoms with Gasteiger partial charge in [0, 0.05) is 32.5 Å². The van der Waals surface area contributed by atoms with Gasteiger partial charge in [-0.2, -0.15) is 13.2 Å². The summed E-state index contributed by atoms with van der Waals surface area (Å²) in [6, 6.07) is 7.31. The third kappa shape index (κ3) is 11.8. The molecule has 0 fully saturated rings. The fourth-order valence-electron chi connectivity index (χ4n) is 3.96. The smallest absolute Gasteiger partial charge is 0.389 e. The van der Waals surface area contributed by atoms with Crippen molar-refractivity contribution in [2.24, 2.45) is 0 Å². The lowest BCUT2D eigenvalue weighted by Gasteiger charge is -2.15. The van der Waals surface area contributed by atoms with Gasteiger partial charge in [0.1, 0.15) is 18.5 Å². The Balaban J connectivity index is 2.03. The van der Waals surface area contributed by atoms with E-state index in [1.54, 1.807) is 26.0 Å². The molecule has 0 bridgehead atoms. The summed E-state index contributed by atoms with van der Waals surface area (Å²) >= 11 is 0. The summed E-state index contributed by atoms with van der Waals surface area (Å²) in [6.07, 6.45) is -0.603. The molecule has 0 aliphatic carbocycles. The van der Waals surface area contributed by atoms with Crippen LogP contribution >= 0.6 is 0 Å². The molecule has 0 saturated carbocycles. The first-order valence-corrected chi connectivity index (χ1v) is 14.0. The number of esters is 1. The van der Waals surface area contributed by atoms with Crippen molar-refractivity contribution in [1.82, 2.24) is 14.3 Å². The van der Waals surface area contributed by atoms with Crippen LogP contribution in [0.4, 0.5) is 19.0 Å². The third-order valence-corrected chi connectivity index (χ3v) is 6.17. The Bertz CT molecular complexity index is 1160. The number of carbonyl (C=O) groups is 1. The van der Waals surface area contributed by atoms with Crippen LogP contribution < -0.4 is 21.3 Å². The quantitative estimate of drug-likeness (QED) is 0.197. The van der Waals surface area contributed by atoms with Crippen LogP contribution in [0.15, 0.2) is 33.9 Å². The molecule has 0 saturated heterocycles. The minimum Gasteiger partial charge on any atom is -0.487 e. The van der Waals surface area contributed by atoms with Crippen LogP contribution in [-0.2, 0) is 29.0 Å². The number of alkyl halides is 3. The highest BCUT2D eigenvalue weighted by atomic mass is 19.4. The number of rotatable bonds is 18. The summed E-state index contributed by atoms with van der Waals surface area (Å²) in [5.74, 6) is 0.269. The van der Waals surface area contributed by atoms with E-state index < -0.39 is 23.8 Å². The van der Waals surface area contributed by atoms with Crippen LogP contribution in [0.5, 0.6) is 5.75 Å². The molecule has 1 aromatic carbocycles. The van der Waals surface area contributed by atoms with E-state index >= 15 is 0 Å². The van der Waals surface area contributed by atoms with E-state index in [1.165, 1.54) is 0 Å². The lowest BCUT2D eigenvalue weighted by Crippen LogP contribution is -2.43. The Morgan fingerprint density at radius 2 is 1.73 bits per heavy atom. The van der Waals surface area contributed by atoms with Gasteiger partial charge in [-0.15, -0.1) is 5.10 Å². The zero-order valence-corrected chi connectivity index (χ0v) is 23.6. The first-order chi connectivity index (χ1) is 19.0. The second kappa shape index (κ2) is 16.7. The van der Waals surface area contributed by atoms with Crippen molar-refractivity contribution < 1.29 is 27.4 Å². The van der Waals surface area contributed by atoms with E-state index in [1.807, 2.05) is 12.1 Å². The molecule has 0 radical (unpaired) electrons. The van der Waals surface area contributed by atoms with Gasteiger partial charge in [0.15, 0.2) is 0 Å². The van der Waals surface area contributed by atoms with E-state index in [0.29, 0.717) is 31.6 Å². The van der Waals surface area contributed by atoms with Crippen LogP contribution in [0, 0.1) is 0 Å². The van der Waals surface area contributed by atoms with Crippen molar-refractivity contribution in [2.75, 3.05) is 18.5 Å². The van der Waals surface area contributed by atoms with E-state index in [0.717, 1.165) is 40.5 Å². The predicted molar refractivity (Wildman–Crippen MR) is 147 cm³/mol. The molecule has 0 aliphatic heterocycles. The van der Waals surface area contributed by atoms with Gasteiger partial charge in [0.2, 0.25) is 5.82 Å². The van der Waals surface area contributed by atoms with Crippen LogP contribution in [0.3, 0.4) is 0 Å². The van der Waals surface area contributed by atoms with Crippen molar-refractivity contribution in [1.29, 1.82) is 0 Å². The maximum Gasteiger partial charge on any atom is 0.389 e. The average molecular weight is 571 g/mol. The van der Waals surface area contributed by atoms with Crippen molar-refractivity contribution in [2.45, 2.75) is 104 Å². The minimum absolute atomic E-state index is 0.0597. The number of anilines is 1. The number of nitrogens with one attached hydrogen (secondary N) is 1. The molecule has 1 heterocycles. The number of unbranched alkanes of at least 4 members (excludes halogenated alkanes) is 4. The second-order valence-electron chi connectivity index (χ2n) is 9.73. The van der Waals surface area contributed by atoms with Gasteiger partial charge in [-0.05, 0) is 43.9 Å². The average Bonchev–Trinajstić information content (AvgIpc) is 2.91. The molecule has 1 unspecified atom stereocenters. The summed E-state index contributed by atoms with van der Waals surface area (Å²) < 4.78 is 50.8. The number of aryl methyl sites for hydroxylation is 1. The van der Waals surface area contributed by atoms with Crippen molar-refractivity contribution in [3.63, 3.8) is 0 Å². The number of ether oxygens (including phenoxy) is 2. The Morgan fingerprint density at radius 1 is 1.02 bits per heavy atom.